The molecule has 1 saturated heterocycles. The van der Waals surface area contributed by atoms with Crippen molar-refractivity contribution >= 4 is 17.4 Å². The van der Waals surface area contributed by atoms with Gasteiger partial charge in [-0.1, -0.05) is 38.1 Å². The summed E-state index contributed by atoms with van der Waals surface area (Å²) in [6.07, 6.45) is 1.60. The Hall–Kier alpha value is -4.13. The van der Waals surface area contributed by atoms with E-state index in [1.54, 1.807) is 61.8 Å². The Kier molecular flexibility index (Phi) is 7.15. The topological polar surface area (TPSA) is 89.0 Å². The van der Waals surface area contributed by atoms with Crippen molar-refractivity contribution in [3.63, 3.8) is 0 Å². The predicted octanol–water partition coefficient (Wildman–Crippen LogP) is 4.75. The molecule has 1 amide bonds. The third kappa shape index (κ3) is 5.04. The molecule has 1 fully saturated rings. The molecule has 3 aromatic rings. The van der Waals surface area contributed by atoms with Crippen molar-refractivity contribution in [2.24, 2.45) is 5.92 Å². The number of benzene rings is 2. The minimum Gasteiger partial charge on any atom is -0.507 e. The monoisotopic (exact) mass is 472 g/mol. The first kappa shape index (κ1) is 24.0. The first-order chi connectivity index (χ1) is 16.9. The number of Topliss-reactive ketones (excluding diaryl/α,β-unsaturated/α-hetero) is 1. The number of hydrogen-bond donors (Lipinski definition) is 1. The molecule has 2 aromatic carbocycles. The second kappa shape index (κ2) is 10.4. The highest BCUT2D eigenvalue weighted by Crippen LogP contribution is 2.40. The number of ketones is 1. The maximum absolute atomic E-state index is 13.2. The highest BCUT2D eigenvalue weighted by molar-refractivity contribution is 6.46. The van der Waals surface area contributed by atoms with E-state index in [0.717, 1.165) is 5.56 Å². The van der Waals surface area contributed by atoms with E-state index in [1.807, 2.05) is 18.2 Å². The average Bonchev–Trinajstić information content (AvgIpc) is 3.13. The van der Waals surface area contributed by atoms with Gasteiger partial charge in [-0.2, -0.15) is 0 Å². The Bertz CT molecular complexity index is 1240. The second-order valence-electron chi connectivity index (χ2n) is 8.72. The van der Waals surface area contributed by atoms with Crippen molar-refractivity contribution in [1.29, 1.82) is 0 Å². The van der Waals surface area contributed by atoms with Crippen LogP contribution in [0.1, 0.15) is 36.7 Å². The van der Waals surface area contributed by atoms with Crippen molar-refractivity contribution < 1.29 is 24.2 Å². The van der Waals surface area contributed by atoms with Gasteiger partial charge in [-0.25, -0.2) is 0 Å². The summed E-state index contributed by atoms with van der Waals surface area (Å²) in [5.41, 5.74) is 1.64. The van der Waals surface area contributed by atoms with E-state index in [-0.39, 0.29) is 17.9 Å². The van der Waals surface area contributed by atoms with Gasteiger partial charge in [0.05, 0.1) is 31.5 Å². The molecular weight excluding hydrogens is 444 g/mol. The number of aromatic nitrogens is 1. The summed E-state index contributed by atoms with van der Waals surface area (Å²) >= 11 is 0. The SMILES string of the molecule is COc1ccccc1CN1C(=O)C(=O)/C(=C(\O)c2ccc(OCC(C)C)cc2)C1c1ccccn1. The summed E-state index contributed by atoms with van der Waals surface area (Å²) in [6.45, 7) is 4.80. The number of pyridine rings is 1. The molecule has 0 radical (unpaired) electrons. The van der Waals surface area contributed by atoms with Gasteiger partial charge in [-0.15, -0.1) is 0 Å². The molecule has 1 atom stereocenters. The lowest BCUT2D eigenvalue weighted by Gasteiger charge is -2.25. The number of aliphatic hydroxyl groups is 1. The van der Waals surface area contributed by atoms with E-state index in [9.17, 15) is 14.7 Å². The van der Waals surface area contributed by atoms with Gasteiger partial charge in [0.2, 0.25) is 0 Å². The molecule has 4 rings (SSSR count). The molecule has 1 aliphatic heterocycles. The number of carbonyl (C=O) groups excluding carboxylic acids is 2. The van der Waals surface area contributed by atoms with Crippen molar-refractivity contribution in [3.05, 3.63) is 95.3 Å². The van der Waals surface area contributed by atoms with Crippen molar-refractivity contribution in [3.8, 4) is 11.5 Å². The van der Waals surface area contributed by atoms with Crippen LogP contribution in [0, 0.1) is 5.92 Å². The molecule has 0 spiro atoms. The lowest BCUT2D eigenvalue weighted by molar-refractivity contribution is -0.140. The molecule has 180 valence electrons. The Morgan fingerprint density at radius 3 is 2.40 bits per heavy atom. The summed E-state index contributed by atoms with van der Waals surface area (Å²) in [6, 6.07) is 18.6. The second-order valence-corrected chi connectivity index (χ2v) is 8.72. The maximum atomic E-state index is 13.2. The van der Waals surface area contributed by atoms with Crippen LogP contribution in [0.3, 0.4) is 0 Å². The van der Waals surface area contributed by atoms with E-state index in [0.29, 0.717) is 35.3 Å². The van der Waals surface area contributed by atoms with Crippen LogP contribution in [0.5, 0.6) is 11.5 Å². The number of amides is 1. The molecule has 0 saturated carbocycles. The van der Waals surface area contributed by atoms with Crippen LogP contribution in [0.15, 0.2) is 78.5 Å². The number of nitrogens with zero attached hydrogens (tertiary/aromatic N) is 2. The van der Waals surface area contributed by atoms with E-state index in [2.05, 4.69) is 18.8 Å². The molecule has 2 heterocycles. The van der Waals surface area contributed by atoms with Crippen molar-refractivity contribution in [1.82, 2.24) is 9.88 Å². The van der Waals surface area contributed by atoms with Gasteiger partial charge in [-0.3, -0.25) is 14.6 Å². The van der Waals surface area contributed by atoms with E-state index in [1.165, 1.54) is 4.90 Å². The van der Waals surface area contributed by atoms with E-state index in [4.69, 9.17) is 9.47 Å². The zero-order valence-electron chi connectivity index (χ0n) is 20.0. The zero-order valence-corrected chi connectivity index (χ0v) is 20.0. The molecule has 0 aliphatic carbocycles. The fraction of sp³-hybridized carbons (Fsp3) is 0.250. The number of aliphatic hydroxyl groups excluding tert-OH is 1. The minimum atomic E-state index is -0.849. The molecule has 7 nitrogen and oxygen atoms in total. The smallest absolute Gasteiger partial charge is 0.296 e. The van der Waals surface area contributed by atoms with Gasteiger partial charge < -0.3 is 19.5 Å². The number of carbonyl (C=O) groups is 2. The summed E-state index contributed by atoms with van der Waals surface area (Å²) in [5, 5.41) is 11.2. The number of hydrogen-bond acceptors (Lipinski definition) is 6. The summed E-state index contributed by atoms with van der Waals surface area (Å²) in [7, 11) is 1.55. The third-order valence-corrected chi connectivity index (χ3v) is 5.75. The first-order valence-electron chi connectivity index (χ1n) is 11.4. The molecule has 1 unspecified atom stereocenters. The normalized spacial score (nSPS) is 17.1. The number of rotatable bonds is 8. The highest BCUT2D eigenvalue weighted by atomic mass is 16.5. The largest absolute Gasteiger partial charge is 0.507 e. The quantitative estimate of drug-likeness (QED) is 0.289. The van der Waals surface area contributed by atoms with Gasteiger partial charge in [0.25, 0.3) is 11.7 Å². The molecule has 7 heteroatoms. The van der Waals surface area contributed by atoms with Crippen LogP contribution in [-0.4, -0.2) is 40.4 Å². The Morgan fingerprint density at radius 2 is 1.74 bits per heavy atom. The summed E-state index contributed by atoms with van der Waals surface area (Å²) in [5.74, 6) is -0.0740. The van der Waals surface area contributed by atoms with Crippen LogP contribution in [0.2, 0.25) is 0 Å². The van der Waals surface area contributed by atoms with Crippen LogP contribution in [0.4, 0.5) is 0 Å². The standard InChI is InChI=1S/C28H28N2O5/c1-18(2)17-35-21-13-11-19(12-14-21)26(31)24-25(22-9-6-7-15-29-22)30(28(33)27(24)32)16-20-8-4-5-10-23(20)34-3/h4-15,18,25,31H,16-17H2,1-3H3/b26-24-. The molecule has 35 heavy (non-hydrogen) atoms. The van der Waals surface area contributed by atoms with Crippen molar-refractivity contribution in [2.75, 3.05) is 13.7 Å². The molecule has 1 aromatic heterocycles. The van der Waals surface area contributed by atoms with E-state index < -0.39 is 17.7 Å². The zero-order chi connectivity index (χ0) is 24.9. The maximum Gasteiger partial charge on any atom is 0.296 e. The summed E-state index contributed by atoms with van der Waals surface area (Å²) < 4.78 is 11.1. The van der Waals surface area contributed by atoms with Gasteiger partial charge in [0.1, 0.15) is 23.3 Å². The molecular formula is C28H28N2O5. The van der Waals surface area contributed by atoms with Gasteiger partial charge in [-0.05, 0) is 48.4 Å². The Labute approximate surface area is 204 Å². The van der Waals surface area contributed by atoms with Crippen LogP contribution in [-0.2, 0) is 16.1 Å². The van der Waals surface area contributed by atoms with Crippen LogP contribution >= 0.6 is 0 Å². The number of ether oxygens (including phenoxy) is 2. The lowest BCUT2D eigenvalue weighted by atomic mass is 9.98. The molecule has 0 bridgehead atoms. The fourth-order valence-electron chi connectivity index (χ4n) is 4.03. The Balaban J connectivity index is 1.75. The Morgan fingerprint density at radius 1 is 1.03 bits per heavy atom. The van der Waals surface area contributed by atoms with Crippen LogP contribution in [0.25, 0.3) is 5.76 Å². The number of methoxy groups -OCH3 is 1. The number of likely N-dealkylation sites (tertiary alicyclic amines) is 1. The van der Waals surface area contributed by atoms with Gasteiger partial charge in [0, 0.05) is 17.3 Å². The molecule has 1 aliphatic rings. The summed E-state index contributed by atoms with van der Waals surface area (Å²) in [4.78, 5) is 32.2. The minimum absolute atomic E-state index is 0.000512. The number of para-hydroxylation sites is 1. The van der Waals surface area contributed by atoms with Gasteiger partial charge >= 0.3 is 0 Å². The fourth-order valence-corrected chi connectivity index (χ4v) is 4.03. The third-order valence-electron chi connectivity index (χ3n) is 5.75. The first-order valence-corrected chi connectivity index (χ1v) is 11.4. The predicted molar refractivity (Wildman–Crippen MR) is 132 cm³/mol. The van der Waals surface area contributed by atoms with Gasteiger partial charge in [0.15, 0.2) is 0 Å². The average molecular weight is 473 g/mol. The molecule has 1 N–H and O–H groups in total. The van der Waals surface area contributed by atoms with E-state index >= 15 is 0 Å². The van der Waals surface area contributed by atoms with Crippen LogP contribution < -0.4 is 9.47 Å². The highest BCUT2D eigenvalue weighted by Gasteiger charge is 2.46. The lowest BCUT2D eigenvalue weighted by Crippen LogP contribution is -2.29. The van der Waals surface area contributed by atoms with Crippen molar-refractivity contribution in [2.45, 2.75) is 26.4 Å².